The molecule has 0 aliphatic rings. The highest BCUT2D eigenvalue weighted by atomic mass is 16.4. The number of carbonyl (C=O) groups is 2. The molecule has 0 fully saturated rings. The van der Waals surface area contributed by atoms with Crippen LogP contribution in [-0.2, 0) is 17.6 Å². The number of carbonyl (C=O) groups excluding carboxylic acids is 1. The molecule has 2 rings (SSSR count). The summed E-state index contributed by atoms with van der Waals surface area (Å²) in [5, 5.41) is 9.04. The van der Waals surface area contributed by atoms with Gasteiger partial charge in [0.1, 0.15) is 12.2 Å². The first-order valence-corrected chi connectivity index (χ1v) is 8.61. The third-order valence-corrected chi connectivity index (χ3v) is 4.40. The number of likely N-dealkylation sites (N-methyl/N-ethyl adjacent to an activating group) is 1. The van der Waals surface area contributed by atoms with Crippen LogP contribution in [0.4, 0.5) is 0 Å². The number of amides is 1. The number of benzene rings is 1. The molecule has 1 amide bonds. The second kappa shape index (κ2) is 8.51. The zero-order valence-electron chi connectivity index (χ0n) is 15.0. The van der Waals surface area contributed by atoms with Crippen molar-refractivity contribution < 1.29 is 19.1 Å². The quantitative estimate of drug-likeness (QED) is 0.793. The van der Waals surface area contributed by atoms with Crippen LogP contribution in [0.2, 0.25) is 0 Å². The van der Waals surface area contributed by atoms with E-state index >= 15 is 0 Å². The molecule has 0 radical (unpaired) electrons. The highest BCUT2D eigenvalue weighted by Crippen LogP contribution is 2.22. The van der Waals surface area contributed by atoms with Crippen LogP contribution >= 0.6 is 0 Å². The molecule has 5 nitrogen and oxygen atoms in total. The standard InChI is InChI=1S/C20H25NO4/c1-4-16(11-15-9-7-6-8-10-15)21(5-2)20(24)19-14(3)13-25-17(19)12-18(22)23/h6-10,13,16H,4-5,11-12H2,1-3H3,(H,22,23). The highest BCUT2D eigenvalue weighted by Gasteiger charge is 2.28. The molecule has 1 unspecified atom stereocenters. The van der Waals surface area contributed by atoms with Gasteiger partial charge in [0.2, 0.25) is 0 Å². The van der Waals surface area contributed by atoms with Crippen LogP contribution in [0.3, 0.4) is 0 Å². The van der Waals surface area contributed by atoms with E-state index < -0.39 is 5.97 Å². The number of hydrogen-bond donors (Lipinski definition) is 1. The molecule has 5 heteroatoms. The van der Waals surface area contributed by atoms with Gasteiger partial charge < -0.3 is 14.4 Å². The van der Waals surface area contributed by atoms with Crippen molar-refractivity contribution in [3.8, 4) is 0 Å². The molecule has 0 aliphatic carbocycles. The number of rotatable bonds is 8. The summed E-state index contributed by atoms with van der Waals surface area (Å²) in [4.78, 5) is 26.0. The fraction of sp³-hybridized carbons (Fsp3) is 0.400. The fourth-order valence-electron chi connectivity index (χ4n) is 3.12. The van der Waals surface area contributed by atoms with Gasteiger partial charge in [0, 0.05) is 18.2 Å². The maximum atomic E-state index is 13.1. The second-order valence-corrected chi connectivity index (χ2v) is 6.13. The van der Waals surface area contributed by atoms with Crippen LogP contribution in [0.5, 0.6) is 0 Å². The Kier molecular flexibility index (Phi) is 6.39. The Labute approximate surface area is 148 Å². The Hall–Kier alpha value is -2.56. The molecule has 1 atom stereocenters. The Balaban J connectivity index is 2.28. The van der Waals surface area contributed by atoms with Crippen molar-refractivity contribution in [1.82, 2.24) is 4.90 Å². The van der Waals surface area contributed by atoms with Gasteiger partial charge in [-0.15, -0.1) is 0 Å². The second-order valence-electron chi connectivity index (χ2n) is 6.13. The molecule has 1 aromatic carbocycles. The molecule has 1 N–H and O–H groups in total. The van der Waals surface area contributed by atoms with Crippen LogP contribution in [0.1, 0.15) is 47.5 Å². The van der Waals surface area contributed by atoms with Gasteiger partial charge in [0.25, 0.3) is 5.91 Å². The Morgan fingerprint density at radius 2 is 1.88 bits per heavy atom. The van der Waals surface area contributed by atoms with Crippen LogP contribution in [0.25, 0.3) is 0 Å². The lowest BCUT2D eigenvalue weighted by atomic mass is 10.0. The molecular formula is C20H25NO4. The number of aryl methyl sites for hydroxylation is 1. The molecule has 1 aromatic heterocycles. The van der Waals surface area contributed by atoms with Crippen LogP contribution < -0.4 is 0 Å². The van der Waals surface area contributed by atoms with Crippen molar-refractivity contribution in [3.05, 3.63) is 59.0 Å². The van der Waals surface area contributed by atoms with Crippen LogP contribution in [-0.4, -0.2) is 34.5 Å². The average Bonchev–Trinajstić information content (AvgIpc) is 2.95. The number of aliphatic carboxylic acids is 1. The average molecular weight is 343 g/mol. The number of carboxylic acid groups (broad SMARTS) is 1. The lowest BCUT2D eigenvalue weighted by Gasteiger charge is -2.30. The Morgan fingerprint density at radius 3 is 2.44 bits per heavy atom. The Bertz CT molecular complexity index is 721. The lowest BCUT2D eigenvalue weighted by molar-refractivity contribution is -0.136. The molecule has 0 bridgehead atoms. The van der Waals surface area contributed by atoms with Crippen molar-refractivity contribution in [2.24, 2.45) is 0 Å². The third kappa shape index (κ3) is 4.50. The van der Waals surface area contributed by atoms with Gasteiger partial charge in [-0.05, 0) is 32.3 Å². The maximum Gasteiger partial charge on any atom is 0.311 e. The van der Waals surface area contributed by atoms with E-state index in [2.05, 4.69) is 19.1 Å². The lowest BCUT2D eigenvalue weighted by Crippen LogP contribution is -2.41. The van der Waals surface area contributed by atoms with E-state index in [0.717, 1.165) is 12.8 Å². The molecule has 0 saturated heterocycles. The van der Waals surface area contributed by atoms with Gasteiger partial charge in [-0.3, -0.25) is 9.59 Å². The summed E-state index contributed by atoms with van der Waals surface area (Å²) in [6, 6.07) is 10.1. The van der Waals surface area contributed by atoms with Gasteiger partial charge >= 0.3 is 5.97 Å². The Morgan fingerprint density at radius 1 is 1.20 bits per heavy atom. The number of nitrogens with zero attached hydrogens (tertiary/aromatic N) is 1. The minimum Gasteiger partial charge on any atom is -0.481 e. The minimum absolute atomic E-state index is 0.0480. The first-order chi connectivity index (χ1) is 12.0. The minimum atomic E-state index is -1.01. The van der Waals surface area contributed by atoms with Gasteiger partial charge in [0.05, 0.1) is 11.8 Å². The zero-order valence-corrected chi connectivity index (χ0v) is 15.0. The number of carboxylic acids is 1. The summed E-state index contributed by atoms with van der Waals surface area (Å²) < 4.78 is 5.33. The van der Waals surface area contributed by atoms with E-state index in [9.17, 15) is 9.59 Å². The molecule has 0 saturated carbocycles. The predicted octanol–water partition coefficient (Wildman–Crippen LogP) is 3.70. The molecule has 1 heterocycles. The van der Waals surface area contributed by atoms with E-state index in [0.29, 0.717) is 17.7 Å². The summed E-state index contributed by atoms with van der Waals surface area (Å²) >= 11 is 0. The highest BCUT2D eigenvalue weighted by molar-refractivity contribution is 5.97. The molecular weight excluding hydrogens is 318 g/mol. The topological polar surface area (TPSA) is 70.8 Å². The van der Waals surface area contributed by atoms with Gasteiger partial charge in [-0.2, -0.15) is 0 Å². The van der Waals surface area contributed by atoms with E-state index in [1.165, 1.54) is 11.8 Å². The number of hydrogen-bond acceptors (Lipinski definition) is 3. The van der Waals surface area contributed by atoms with E-state index in [1.807, 2.05) is 30.0 Å². The first-order valence-electron chi connectivity index (χ1n) is 8.61. The molecule has 0 aliphatic heterocycles. The summed E-state index contributed by atoms with van der Waals surface area (Å²) in [5.41, 5.74) is 2.24. The maximum absolute atomic E-state index is 13.1. The van der Waals surface area contributed by atoms with Crippen molar-refractivity contribution in [1.29, 1.82) is 0 Å². The van der Waals surface area contributed by atoms with Crippen molar-refractivity contribution in [2.75, 3.05) is 6.54 Å². The summed E-state index contributed by atoms with van der Waals surface area (Å²) in [7, 11) is 0. The molecule has 2 aromatic rings. The molecule has 0 spiro atoms. The van der Waals surface area contributed by atoms with Gasteiger partial charge in [-0.25, -0.2) is 0 Å². The summed E-state index contributed by atoms with van der Waals surface area (Å²) in [6.07, 6.45) is 2.75. The van der Waals surface area contributed by atoms with Crippen molar-refractivity contribution in [3.63, 3.8) is 0 Å². The smallest absolute Gasteiger partial charge is 0.311 e. The predicted molar refractivity (Wildman–Crippen MR) is 95.7 cm³/mol. The monoisotopic (exact) mass is 343 g/mol. The van der Waals surface area contributed by atoms with Gasteiger partial charge in [-0.1, -0.05) is 37.3 Å². The normalized spacial score (nSPS) is 12.0. The number of furan rings is 1. The van der Waals surface area contributed by atoms with Crippen molar-refractivity contribution >= 4 is 11.9 Å². The van der Waals surface area contributed by atoms with Crippen molar-refractivity contribution in [2.45, 2.75) is 46.1 Å². The van der Waals surface area contributed by atoms with Crippen LogP contribution in [0, 0.1) is 6.92 Å². The SMILES string of the molecule is CCC(Cc1ccccc1)N(CC)C(=O)c1c(C)coc1CC(=O)O. The molecule has 134 valence electrons. The van der Waals surface area contributed by atoms with Gasteiger partial charge in [0.15, 0.2) is 0 Å². The van der Waals surface area contributed by atoms with E-state index in [4.69, 9.17) is 9.52 Å². The third-order valence-electron chi connectivity index (χ3n) is 4.40. The largest absolute Gasteiger partial charge is 0.481 e. The van der Waals surface area contributed by atoms with E-state index in [1.54, 1.807) is 6.92 Å². The first kappa shape index (κ1) is 18.8. The zero-order chi connectivity index (χ0) is 18.4. The summed E-state index contributed by atoms with van der Waals surface area (Å²) in [6.45, 7) is 6.33. The van der Waals surface area contributed by atoms with E-state index in [-0.39, 0.29) is 24.1 Å². The molecule has 25 heavy (non-hydrogen) atoms. The van der Waals surface area contributed by atoms with Crippen LogP contribution in [0.15, 0.2) is 41.0 Å². The summed E-state index contributed by atoms with van der Waals surface area (Å²) in [5.74, 6) is -0.946. The fourth-order valence-corrected chi connectivity index (χ4v) is 3.12.